The minimum absolute atomic E-state index is 0.318. The highest BCUT2D eigenvalue weighted by atomic mass is 16.6. The first-order chi connectivity index (χ1) is 7.81. The van der Waals surface area contributed by atoms with Gasteiger partial charge in [0.1, 0.15) is 6.61 Å². The zero-order valence-corrected chi connectivity index (χ0v) is 10.6. The van der Waals surface area contributed by atoms with E-state index in [9.17, 15) is 4.79 Å². The Labute approximate surface area is 98.7 Å². The minimum Gasteiger partial charge on any atom is -0.447 e. The molecule has 1 N–H and O–H groups in total. The van der Waals surface area contributed by atoms with E-state index in [1.807, 2.05) is 0 Å². The molecule has 0 spiro atoms. The second kappa shape index (κ2) is 12.3. The fourth-order valence-corrected chi connectivity index (χ4v) is 1.36. The minimum atomic E-state index is -0.342. The van der Waals surface area contributed by atoms with E-state index < -0.39 is 0 Å². The summed E-state index contributed by atoms with van der Waals surface area (Å²) < 4.78 is 9.62. The smallest absolute Gasteiger partial charge is 0.407 e. The number of alkyl carbamates (subject to hydrolysis) is 1. The number of hydrogen-bond donors (Lipinski definition) is 1. The van der Waals surface area contributed by atoms with Gasteiger partial charge in [0.05, 0.1) is 6.61 Å². The van der Waals surface area contributed by atoms with Crippen LogP contribution < -0.4 is 5.32 Å². The van der Waals surface area contributed by atoms with E-state index in [4.69, 9.17) is 9.47 Å². The van der Waals surface area contributed by atoms with E-state index in [0.717, 1.165) is 6.42 Å². The zero-order chi connectivity index (χ0) is 12.1. The second-order valence-corrected chi connectivity index (χ2v) is 3.82. The quantitative estimate of drug-likeness (QED) is 0.588. The summed E-state index contributed by atoms with van der Waals surface area (Å²) >= 11 is 0. The number of carbonyl (C=O) groups excluding carboxylic acids is 1. The maximum atomic E-state index is 11.1. The van der Waals surface area contributed by atoms with Crippen LogP contribution in [0.1, 0.15) is 45.4 Å². The molecule has 0 aromatic carbocycles. The van der Waals surface area contributed by atoms with E-state index in [-0.39, 0.29) is 6.09 Å². The largest absolute Gasteiger partial charge is 0.447 e. The predicted octanol–water partition coefficient (Wildman–Crippen LogP) is 2.72. The Bertz CT molecular complexity index is 162. The molecule has 0 aliphatic rings. The van der Waals surface area contributed by atoms with Gasteiger partial charge in [0.25, 0.3) is 0 Å². The lowest BCUT2D eigenvalue weighted by atomic mass is 10.1. The molecule has 0 aromatic rings. The van der Waals surface area contributed by atoms with Crippen LogP contribution in [0.15, 0.2) is 0 Å². The normalized spacial score (nSPS) is 10.1. The van der Waals surface area contributed by atoms with Crippen molar-refractivity contribution in [2.75, 3.05) is 26.9 Å². The molecular weight excluding hydrogens is 206 g/mol. The number of nitrogens with one attached hydrogen (secondary N) is 1. The van der Waals surface area contributed by atoms with Gasteiger partial charge in [0.2, 0.25) is 0 Å². The third kappa shape index (κ3) is 11.3. The molecule has 4 nitrogen and oxygen atoms in total. The highest BCUT2D eigenvalue weighted by Crippen LogP contribution is 2.03. The maximum Gasteiger partial charge on any atom is 0.407 e. The standard InChI is InChI=1S/C12H25NO3/c1-3-4-5-6-7-8-9-13-12(14)16-11-10-15-2/h3-11H2,1-2H3,(H,13,14). The molecule has 0 atom stereocenters. The van der Waals surface area contributed by atoms with Crippen molar-refractivity contribution in [3.05, 3.63) is 0 Å². The van der Waals surface area contributed by atoms with Crippen LogP contribution in [0.3, 0.4) is 0 Å². The van der Waals surface area contributed by atoms with Gasteiger partial charge in [0.15, 0.2) is 0 Å². The number of ether oxygens (including phenoxy) is 2. The molecule has 1 amide bonds. The van der Waals surface area contributed by atoms with Crippen LogP contribution in [-0.2, 0) is 9.47 Å². The molecule has 0 aliphatic heterocycles. The fourth-order valence-electron chi connectivity index (χ4n) is 1.36. The number of amides is 1. The molecule has 0 radical (unpaired) electrons. The number of methoxy groups -OCH3 is 1. The molecule has 0 saturated heterocycles. The van der Waals surface area contributed by atoms with Crippen molar-refractivity contribution < 1.29 is 14.3 Å². The van der Waals surface area contributed by atoms with Crippen molar-refractivity contribution >= 4 is 6.09 Å². The Morgan fingerprint density at radius 2 is 1.75 bits per heavy atom. The molecule has 4 heteroatoms. The summed E-state index contributed by atoms with van der Waals surface area (Å²) in [6.45, 7) is 3.68. The Kier molecular flexibility index (Phi) is 11.7. The van der Waals surface area contributed by atoms with Crippen molar-refractivity contribution in [2.45, 2.75) is 45.4 Å². The second-order valence-electron chi connectivity index (χ2n) is 3.82. The number of rotatable bonds is 10. The Morgan fingerprint density at radius 3 is 2.44 bits per heavy atom. The Morgan fingerprint density at radius 1 is 1.06 bits per heavy atom. The van der Waals surface area contributed by atoms with Gasteiger partial charge in [-0.15, -0.1) is 0 Å². The third-order valence-electron chi connectivity index (χ3n) is 2.32. The van der Waals surface area contributed by atoms with Crippen LogP contribution in [0.4, 0.5) is 4.79 Å². The first kappa shape index (κ1) is 15.2. The van der Waals surface area contributed by atoms with Crippen LogP contribution in [0.5, 0.6) is 0 Å². The van der Waals surface area contributed by atoms with Crippen molar-refractivity contribution in [1.82, 2.24) is 5.32 Å². The van der Waals surface area contributed by atoms with Gasteiger partial charge in [-0.3, -0.25) is 0 Å². The monoisotopic (exact) mass is 231 g/mol. The van der Waals surface area contributed by atoms with E-state index in [1.54, 1.807) is 7.11 Å². The zero-order valence-electron chi connectivity index (χ0n) is 10.6. The first-order valence-corrected chi connectivity index (χ1v) is 6.20. The van der Waals surface area contributed by atoms with Gasteiger partial charge in [-0.2, -0.15) is 0 Å². The van der Waals surface area contributed by atoms with Gasteiger partial charge < -0.3 is 14.8 Å². The van der Waals surface area contributed by atoms with E-state index >= 15 is 0 Å². The molecule has 0 rings (SSSR count). The first-order valence-electron chi connectivity index (χ1n) is 6.20. The van der Waals surface area contributed by atoms with Crippen molar-refractivity contribution in [1.29, 1.82) is 0 Å². The average Bonchev–Trinajstić information content (AvgIpc) is 2.28. The van der Waals surface area contributed by atoms with E-state index in [2.05, 4.69) is 12.2 Å². The van der Waals surface area contributed by atoms with Gasteiger partial charge in [-0.05, 0) is 6.42 Å². The van der Waals surface area contributed by atoms with E-state index in [0.29, 0.717) is 19.8 Å². The van der Waals surface area contributed by atoms with Gasteiger partial charge >= 0.3 is 6.09 Å². The molecule has 96 valence electrons. The SMILES string of the molecule is CCCCCCCCNC(=O)OCCOC. The number of unbranched alkanes of at least 4 members (excludes halogenated alkanes) is 5. The molecule has 0 fully saturated rings. The third-order valence-corrected chi connectivity index (χ3v) is 2.32. The van der Waals surface area contributed by atoms with Crippen LogP contribution in [0.2, 0.25) is 0 Å². The average molecular weight is 231 g/mol. The summed E-state index contributed by atoms with van der Waals surface area (Å²) in [5, 5.41) is 2.72. The molecule has 16 heavy (non-hydrogen) atoms. The molecule has 0 unspecified atom stereocenters. The maximum absolute atomic E-state index is 11.1. The highest BCUT2D eigenvalue weighted by molar-refractivity contribution is 5.66. The lowest BCUT2D eigenvalue weighted by Crippen LogP contribution is -2.26. The number of hydrogen-bond acceptors (Lipinski definition) is 3. The summed E-state index contributed by atoms with van der Waals surface area (Å²) in [4.78, 5) is 11.1. The molecule has 0 bridgehead atoms. The lowest BCUT2D eigenvalue weighted by Gasteiger charge is -2.06. The van der Waals surface area contributed by atoms with Crippen LogP contribution in [0.25, 0.3) is 0 Å². The van der Waals surface area contributed by atoms with Gasteiger partial charge in [-0.25, -0.2) is 4.79 Å². The Hall–Kier alpha value is -0.770. The lowest BCUT2D eigenvalue weighted by molar-refractivity contribution is 0.0985. The summed E-state index contributed by atoms with van der Waals surface area (Å²) in [7, 11) is 1.58. The van der Waals surface area contributed by atoms with Crippen LogP contribution >= 0.6 is 0 Å². The summed E-state index contributed by atoms with van der Waals surface area (Å²) in [5.41, 5.74) is 0. The summed E-state index contributed by atoms with van der Waals surface area (Å²) in [6.07, 6.45) is 7.01. The fraction of sp³-hybridized carbons (Fsp3) is 0.917. The topological polar surface area (TPSA) is 47.6 Å². The van der Waals surface area contributed by atoms with E-state index in [1.165, 1.54) is 32.1 Å². The molecular formula is C12H25NO3. The predicted molar refractivity (Wildman–Crippen MR) is 64.6 cm³/mol. The van der Waals surface area contributed by atoms with Crippen molar-refractivity contribution in [2.24, 2.45) is 0 Å². The van der Waals surface area contributed by atoms with Crippen LogP contribution in [-0.4, -0.2) is 33.0 Å². The van der Waals surface area contributed by atoms with Gasteiger partial charge in [-0.1, -0.05) is 39.0 Å². The molecule has 0 saturated carbocycles. The summed E-state index contributed by atoms with van der Waals surface area (Å²) in [6, 6.07) is 0. The summed E-state index contributed by atoms with van der Waals surface area (Å²) in [5.74, 6) is 0. The highest BCUT2D eigenvalue weighted by Gasteiger charge is 1.99. The van der Waals surface area contributed by atoms with Crippen molar-refractivity contribution in [3.8, 4) is 0 Å². The molecule has 0 aliphatic carbocycles. The van der Waals surface area contributed by atoms with Gasteiger partial charge in [0, 0.05) is 13.7 Å². The molecule has 0 heterocycles. The molecule has 0 aromatic heterocycles. The van der Waals surface area contributed by atoms with Crippen molar-refractivity contribution in [3.63, 3.8) is 0 Å². The number of carbonyl (C=O) groups is 1. The Balaban J connectivity index is 3.09. The van der Waals surface area contributed by atoms with Crippen LogP contribution in [0, 0.1) is 0 Å².